The maximum atomic E-state index is 8.02. The number of nitrogens with zero attached hydrogens (tertiary/aromatic N) is 1. The summed E-state index contributed by atoms with van der Waals surface area (Å²) in [5.74, 6) is 2.30. The van der Waals surface area contributed by atoms with Crippen molar-refractivity contribution in [2.45, 2.75) is 0 Å². The van der Waals surface area contributed by atoms with Crippen LogP contribution in [-0.2, 0) is 0 Å². The fourth-order valence-electron chi connectivity index (χ4n) is 3.78. The fourth-order valence-corrected chi connectivity index (χ4v) is 3.78. The van der Waals surface area contributed by atoms with Crippen molar-refractivity contribution in [3.8, 4) is 33.9 Å². The van der Waals surface area contributed by atoms with E-state index in [0.29, 0.717) is 11.1 Å². The zero-order valence-electron chi connectivity index (χ0n) is 17.4. The van der Waals surface area contributed by atoms with Crippen molar-refractivity contribution < 1.29 is 9.15 Å². The molecule has 31 heavy (non-hydrogen) atoms. The third-order valence-electron chi connectivity index (χ3n) is 5.34. The molecule has 1 aliphatic carbocycles. The molecule has 0 atom stereocenters. The normalized spacial score (nSPS) is 11.0. The van der Waals surface area contributed by atoms with E-state index in [2.05, 4.69) is 29.2 Å². The van der Waals surface area contributed by atoms with Crippen molar-refractivity contribution in [3.63, 3.8) is 0 Å². The monoisotopic (exact) mass is 406 g/mol. The predicted molar refractivity (Wildman–Crippen MR) is 125 cm³/mol. The molecule has 0 saturated heterocycles. The third kappa shape index (κ3) is 3.64. The van der Waals surface area contributed by atoms with Gasteiger partial charge in [0.05, 0.1) is 5.36 Å². The number of nitrogens with one attached hydrogen (secondary N) is 1. The minimum absolute atomic E-state index is 0.428. The predicted octanol–water partition coefficient (Wildman–Crippen LogP) is 6.54. The van der Waals surface area contributed by atoms with E-state index in [4.69, 9.17) is 14.6 Å². The molecule has 0 spiro atoms. The average Bonchev–Trinajstić information content (AvgIpc) is 2.78. The quantitative estimate of drug-likeness (QED) is 0.345. The summed E-state index contributed by atoms with van der Waals surface area (Å²) in [4.78, 5) is 2.05. The summed E-state index contributed by atoms with van der Waals surface area (Å²) >= 11 is 0. The molecule has 0 radical (unpaired) electrons. The number of fused-ring (bicyclic) bond motifs is 2. The van der Waals surface area contributed by atoms with Gasteiger partial charge in [-0.3, -0.25) is 0 Å². The Bertz CT molecular complexity index is 1390. The Morgan fingerprint density at radius 1 is 0.774 bits per heavy atom. The van der Waals surface area contributed by atoms with Crippen LogP contribution in [0.25, 0.3) is 33.4 Å². The molecule has 0 fully saturated rings. The van der Waals surface area contributed by atoms with Gasteiger partial charge < -0.3 is 19.5 Å². The molecule has 0 bridgehead atoms. The van der Waals surface area contributed by atoms with E-state index in [-0.39, 0.29) is 0 Å². The van der Waals surface area contributed by atoms with Gasteiger partial charge in [-0.25, -0.2) is 0 Å². The largest absolute Gasteiger partial charge is 0.457 e. The first-order valence-electron chi connectivity index (χ1n) is 10.1. The SMILES string of the molecule is CN(C)c1ccc2c(-c3ccc(Oc4ccccc4)cc3)c3ccc(=N)cc-3oc2c1. The van der Waals surface area contributed by atoms with Crippen LogP contribution < -0.4 is 15.0 Å². The lowest BCUT2D eigenvalue weighted by Crippen LogP contribution is -2.08. The number of hydrogen-bond donors (Lipinski definition) is 1. The highest BCUT2D eigenvalue weighted by Crippen LogP contribution is 2.41. The first-order valence-corrected chi connectivity index (χ1v) is 10.1. The third-order valence-corrected chi connectivity index (χ3v) is 5.34. The standard InChI is InChI=1S/C27H22N2O2/c1-29(2)20-11-15-24-26(17-20)31-25-16-19(28)10-14-23(25)27(24)18-8-12-22(13-9-18)30-21-6-4-3-5-7-21/h3-17,28H,1-2H3. The molecule has 4 heteroatoms. The molecule has 1 heterocycles. The fraction of sp³-hybridized carbons (Fsp3) is 0.0741. The molecule has 3 aromatic rings. The highest BCUT2D eigenvalue weighted by molar-refractivity contribution is 6.02. The minimum atomic E-state index is 0.428. The van der Waals surface area contributed by atoms with Crippen molar-refractivity contribution in [3.05, 3.63) is 96.4 Å². The van der Waals surface area contributed by atoms with Gasteiger partial charge in [0, 0.05) is 48.4 Å². The number of rotatable bonds is 4. The van der Waals surface area contributed by atoms with Crippen molar-refractivity contribution in [2.75, 3.05) is 19.0 Å². The van der Waals surface area contributed by atoms with Gasteiger partial charge in [-0.05, 0) is 54.1 Å². The van der Waals surface area contributed by atoms with Gasteiger partial charge in [0.15, 0.2) is 0 Å². The molecule has 2 aliphatic rings. The Morgan fingerprint density at radius 3 is 2.26 bits per heavy atom. The van der Waals surface area contributed by atoms with Gasteiger partial charge in [-0.15, -0.1) is 0 Å². The summed E-state index contributed by atoms with van der Waals surface area (Å²) in [5.41, 5.74) is 5.01. The van der Waals surface area contributed by atoms with Gasteiger partial charge in [0.25, 0.3) is 0 Å². The van der Waals surface area contributed by atoms with E-state index < -0.39 is 0 Å². The zero-order chi connectivity index (χ0) is 21.4. The maximum Gasteiger partial charge on any atom is 0.137 e. The van der Waals surface area contributed by atoms with Gasteiger partial charge in [0.2, 0.25) is 0 Å². The first-order chi connectivity index (χ1) is 15.1. The van der Waals surface area contributed by atoms with Gasteiger partial charge in [0.1, 0.15) is 22.8 Å². The number of anilines is 1. The second-order valence-corrected chi connectivity index (χ2v) is 7.70. The molecule has 4 nitrogen and oxygen atoms in total. The molecule has 152 valence electrons. The number of benzene rings is 4. The van der Waals surface area contributed by atoms with E-state index >= 15 is 0 Å². The average molecular weight is 406 g/mol. The Labute approximate surface area is 180 Å². The summed E-state index contributed by atoms with van der Waals surface area (Å²) in [6.45, 7) is 0. The molecule has 0 unspecified atom stereocenters. The number of para-hydroxylation sites is 1. The zero-order valence-corrected chi connectivity index (χ0v) is 17.4. The summed E-state index contributed by atoms with van der Waals surface area (Å²) in [7, 11) is 4.02. The van der Waals surface area contributed by atoms with Crippen LogP contribution in [0.15, 0.2) is 95.4 Å². The topological polar surface area (TPSA) is 49.5 Å². The lowest BCUT2D eigenvalue weighted by Gasteiger charge is -2.18. The van der Waals surface area contributed by atoms with Crippen LogP contribution in [0, 0.1) is 5.41 Å². The summed E-state index contributed by atoms with van der Waals surface area (Å²) in [6, 6.07) is 29.6. The minimum Gasteiger partial charge on any atom is -0.457 e. The smallest absolute Gasteiger partial charge is 0.137 e. The highest BCUT2D eigenvalue weighted by Gasteiger charge is 2.17. The van der Waals surface area contributed by atoms with Crippen molar-refractivity contribution >= 4 is 16.7 Å². The second-order valence-electron chi connectivity index (χ2n) is 7.70. The Kier molecular flexibility index (Phi) is 4.68. The molecular weight excluding hydrogens is 384 g/mol. The summed E-state index contributed by atoms with van der Waals surface area (Å²) in [6.07, 6.45) is 0. The van der Waals surface area contributed by atoms with Crippen LogP contribution in [0.2, 0.25) is 0 Å². The Morgan fingerprint density at radius 2 is 1.52 bits per heavy atom. The lowest BCUT2D eigenvalue weighted by atomic mass is 9.93. The van der Waals surface area contributed by atoms with E-state index in [1.807, 2.05) is 68.7 Å². The van der Waals surface area contributed by atoms with E-state index in [9.17, 15) is 0 Å². The van der Waals surface area contributed by atoms with E-state index in [1.165, 1.54) is 0 Å². The van der Waals surface area contributed by atoms with Crippen LogP contribution in [0.5, 0.6) is 11.5 Å². The van der Waals surface area contributed by atoms with Crippen LogP contribution in [0.4, 0.5) is 5.69 Å². The molecule has 5 rings (SSSR count). The van der Waals surface area contributed by atoms with Gasteiger partial charge in [-0.1, -0.05) is 30.3 Å². The van der Waals surface area contributed by atoms with Gasteiger partial charge >= 0.3 is 0 Å². The van der Waals surface area contributed by atoms with Crippen molar-refractivity contribution in [1.29, 1.82) is 5.41 Å². The molecule has 0 aromatic heterocycles. The Hall–Kier alpha value is -4.05. The van der Waals surface area contributed by atoms with Crippen molar-refractivity contribution in [2.24, 2.45) is 0 Å². The highest BCUT2D eigenvalue weighted by atomic mass is 16.5. The first kappa shape index (κ1) is 18.9. The van der Waals surface area contributed by atoms with Crippen LogP contribution >= 0.6 is 0 Å². The molecule has 3 aromatic carbocycles. The molecule has 1 N–H and O–H groups in total. The lowest BCUT2D eigenvalue weighted by molar-refractivity contribution is 0.483. The van der Waals surface area contributed by atoms with E-state index in [0.717, 1.165) is 44.8 Å². The molecule has 0 saturated carbocycles. The molecule has 0 amide bonds. The second kappa shape index (κ2) is 7.65. The van der Waals surface area contributed by atoms with Gasteiger partial charge in [-0.2, -0.15) is 0 Å². The van der Waals surface area contributed by atoms with Crippen LogP contribution in [-0.4, -0.2) is 14.1 Å². The summed E-state index contributed by atoms with van der Waals surface area (Å²) in [5, 5.41) is 9.48. The number of ether oxygens (including phenoxy) is 1. The number of hydrogen-bond acceptors (Lipinski definition) is 4. The Balaban J connectivity index is 1.66. The van der Waals surface area contributed by atoms with Crippen molar-refractivity contribution in [1.82, 2.24) is 0 Å². The maximum absolute atomic E-state index is 8.02. The summed E-state index contributed by atoms with van der Waals surface area (Å²) < 4.78 is 12.2. The van der Waals surface area contributed by atoms with Crippen LogP contribution in [0.3, 0.4) is 0 Å². The molecular formula is C27H22N2O2. The molecule has 1 aliphatic heterocycles. The van der Waals surface area contributed by atoms with E-state index in [1.54, 1.807) is 12.1 Å². The van der Waals surface area contributed by atoms with Crippen LogP contribution in [0.1, 0.15) is 0 Å².